The van der Waals surface area contributed by atoms with Gasteiger partial charge in [-0.2, -0.15) is 4.98 Å². The molecule has 0 bridgehead atoms. The van der Waals surface area contributed by atoms with E-state index < -0.39 is 6.10 Å². The topological polar surface area (TPSA) is 83.4 Å². The molecule has 0 radical (unpaired) electrons. The summed E-state index contributed by atoms with van der Waals surface area (Å²) in [5.41, 5.74) is 2.09. The zero-order valence-electron chi connectivity index (χ0n) is 12.9. The molecule has 122 valence electrons. The second-order valence-electron chi connectivity index (χ2n) is 5.97. The van der Waals surface area contributed by atoms with E-state index in [-0.39, 0.29) is 0 Å². The Balaban J connectivity index is 1.43. The average Bonchev–Trinajstić information content (AvgIpc) is 3.28. The van der Waals surface area contributed by atoms with Crippen molar-refractivity contribution >= 4 is 0 Å². The molecule has 3 heterocycles. The molecule has 3 aromatic rings. The van der Waals surface area contributed by atoms with Crippen molar-refractivity contribution < 1.29 is 18.5 Å². The van der Waals surface area contributed by atoms with Crippen molar-refractivity contribution in [1.82, 2.24) is 15.3 Å². The number of benzene rings is 1. The molecule has 0 fully saturated rings. The number of hydrogen-bond donors (Lipinski definition) is 0. The molecule has 1 unspecified atom stereocenters. The summed E-state index contributed by atoms with van der Waals surface area (Å²) >= 11 is 0. The number of aryl methyl sites for hydroxylation is 1. The minimum atomic E-state index is -0.406. The zero-order chi connectivity index (χ0) is 15.9. The van der Waals surface area contributed by atoms with E-state index in [0.717, 1.165) is 42.7 Å². The summed E-state index contributed by atoms with van der Waals surface area (Å²) in [6.45, 7) is 0.338. The standard InChI is InChI=1S/C17H15N3O4/c1-2-6-11-10(5-1)15(23-19-11)17-18-16(20-24-17)14-9-21-12-7-3-4-8-13(12)22-14/h3-4,7-8,14H,1-2,5-6,9H2. The van der Waals surface area contributed by atoms with Gasteiger partial charge in [-0.3, -0.25) is 0 Å². The van der Waals surface area contributed by atoms with Gasteiger partial charge in [0.15, 0.2) is 17.6 Å². The van der Waals surface area contributed by atoms with E-state index in [2.05, 4.69) is 15.3 Å². The number of hydrogen-bond acceptors (Lipinski definition) is 7. The Kier molecular flexibility index (Phi) is 3.04. The van der Waals surface area contributed by atoms with E-state index in [4.69, 9.17) is 18.5 Å². The third-order valence-corrected chi connectivity index (χ3v) is 4.39. The number of ether oxygens (including phenoxy) is 2. The van der Waals surface area contributed by atoms with Crippen molar-refractivity contribution in [3.05, 3.63) is 41.3 Å². The van der Waals surface area contributed by atoms with Gasteiger partial charge in [0, 0.05) is 5.56 Å². The lowest BCUT2D eigenvalue weighted by Gasteiger charge is -2.24. The van der Waals surface area contributed by atoms with E-state index in [9.17, 15) is 0 Å². The van der Waals surface area contributed by atoms with Crippen LogP contribution in [0, 0.1) is 0 Å². The first-order valence-electron chi connectivity index (χ1n) is 8.08. The lowest BCUT2D eigenvalue weighted by molar-refractivity contribution is 0.0832. The third kappa shape index (κ3) is 2.16. The summed E-state index contributed by atoms with van der Waals surface area (Å²) in [6, 6.07) is 7.53. The molecule has 1 aromatic carbocycles. The van der Waals surface area contributed by atoms with Crippen molar-refractivity contribution in [3.63, 3.8) is 0 Å². The normalized spacial score (nSPS) is 19.1. The Bertz CT molecular complexity index is 886. The van der Waals surface area contributed by atoms with Crippen LogP contribution < -0.4 is 9.47 Å². The second kappa shape index (κ2) is 5.36. The van der Waals surface area contributed by atoms with Crippen LogP contribution in [-0.2, 0) is 12.8 Å². The van der Waals surface area contributed by atoms with Crippen LogP contribution in [0.25, 0.3) is 11.7 Å². The largest absolute Gasteiger partial charge is 0.485 e. The number of para-hydroxylation sites is 2. The minimum Gasteiger partial charge on any atom is -0.485 e. The monoisotopic (exact) mass is 325 g/mol. The number of aromatic nitrogens is 3. The average molecular weight is 325 g/mol. The van der Waals surface area contributed by atoms with Gasteiger partial charge >= 0.3 is 0 Å². The minimum absolute atomic E-state index is 0.338. The molecule has 5 rings (SSSR count). The van der Waals surface area contributed by atoms with E-state index in [1.165, 1.54) is 0 Å². The summed E-state index contributed by atoms with van der Waals surface area (Å²) in [4.78, 5) is 4.44. The highest BCUT2D eigenvalue weighted by atomic mass is 16.6. The van der Waals surface area contributed by atoms with Gasteiger partial charge < -0.3 is 18.5 Å². The van der Waals surface area contributed by atoms with Gasteiger partial charge in [0.05, 0.1) is 5.69 Å². The van der Waals surface area contributed by atoms with Gasteiger partial charge in [0.1, 0.15) is 6.61 Å². The molecule has 1 atom stereocenters. The molecule has 1 aliphatic carbocycles. The van der Waals surface area contributed by atoms with Gasteiger partial charge in [-0.1, -0.05) is 22.4 Å². The molecular weight excluding hydrogens is 310 g/mol. The Hall–Kier alpha value is -2.83. The lowest BCUT2D eigenvalue weighted by atomic mass is 9.96. The molecule has 0 N–H and O–H groups in total. The Morgan fingerprint density at radius 2 is 1.83 bits per heavy atom. The van der Waals surface area contributed by atoms with E-state index in [1.54, 1.807) is 0 Å². The lowest BCUT2D eigenvalue weighted by Crippen LogP contribution is -2.22. The van der Waals surface area contributed by atoms with Crippen LogP contribution in [-0.4, -0.2) is 21.9 Å². The fraction of sp³-hybridized carbons (Fsp3) is 0.353. The van der Waals surface area contributed by atoms with Crippen molar-refractivity contribution in [2.45, 2.75) is 31.8 Å². The maximum Gasteiger partial charge on any atom is 0.296 e. The maximum atomic E-state index is 5.91. The van der Waals surface area contributed by atoms with Crippen molar-refractivity contribution in [2.75, 3.05) is 6.61 Å². The van der Waals surface area contributed by atoms with Gasteiger partial charge in [0.2, 0.25) is 11.6 Å². The third-order valence-electron chi connectivity index (χ3n) is 4.39. The fourth-order valence-corrected chi connectivity index (χ4v) is 3.16. The second-order valence-corrected chi connectivity index (χ2v) is 5.97. The van der Waals surface area contributed by atoms with Crippen LogP contribution in [0.2, 0.25) is 0 Å². The van der Waals surface area contributed by atoms with Crippen LogP contribution in [0.1, 0.15) is 36.0 Å². The summed E-state index contributed by atoms with van der Waals surface area (Å²) in [5, 5.41) is 8.16. The van der Waals surface area contributed by atoms with Crippen molar-refractivity contribution in [3.8, 4) is 23.1 Å². The van der Waals surface area contributed by atoms with E-state index in [1.807, 2.05) is 24.3 Å². The SMILES string of the molecule is c1ccc2c(c1)OCC(c1noc(-c3onc4c3CCCC4)n1)O2. The highest BCUT2D eigenvalue weighted by Gasteiger charge is 2.29. The predicted molar refractivity (Wildman–Crippen MR) is 81.7 cm³/mol. The molecular formula is C17H15N3O4. The molecule has 0 amide bonds. The quantitative estimate of drug-likeness (QED) is 0.715. The number of fused-ring (bicyclic) bond motifs is 2. The Morgan fingerprint density at radius 1 is 0.958 bits per heavy atom. The molecule has 1 aliphatic heterocycles. The van der Waals surface area contributed by atoms with Crippen molar-refractivity contribution in [1.29, 1.82) is 0 Å². The molecule has 0 saturated heterocycles. The van der Waals surface area contributed by atoms with Gasteiger partial charge in [-0.25, -0.2) is 0 Å². The summed E-state index contributed by atoms with van der Waals surface area (Å²) in [6.07, 6.45) is 3.73. The van der Waals surface area contributed by atoms with Gasteiger partial charge in [0.25, 0.3) is 5.89 Å². The van der Waals surface area contributed by atoms with Gasteiger partial charge in [-0.15, -0.1) is 0 Å². The Labute approximate surface area is 137 Å². The van der Waals surface area contributed by atoms with Crippen LogP contribution in [0.15, 0.2) is 33.3 Å². The molecule has 0 saturated carbocycles. The first kappa shape index (κ1) is 13.6. The molecule has 24 heavy (non-hydrogen) atoms. The molecule has 0 spiro atoms. The van der Waals surface area contributed by atoms with Crippen molar-refractivity contribution in [2.24, 2.45) is 0 Å². The summed E-state index contributed by atoms with van der Waals surface area (Å²) in [5.74, 6) is 2.78. The summed E-state index contributed by atoms with van der Waals surface area (Å²) < 4.78 is 22.4. The zero-order valence-corrected chi connectivity index (χ0v) is 12.9. The van der Waals surface area contributed by atoms with Crippen LogP contribution in [0.4, 0.5) is 0 Å². The molecule has 7 heteroatoms. The number of rotatable bonds is 2. The first-order valence-corrected chi connectivity index (χ1v) is 8.08. The van der Waals surface area contributed by atoms with Crippen LogP contribution >= 0.6 is 0 Å². The smallest absolute Gasteiger partial charge is 0.296 e. The first-order chi connectivity index (χ1) is 11.9. The Morgan fingerprint density at radius 3 is 2.79 bits per heavy atom. The van der Waals surface area contributed by atoms with Gasteiger partial charge in [-0.05, 0) is 37.8 Å². The maximum absolute atomic E-state index is 5.91. The molecule has 7 nitrogen and oxygen atoms in total. The highest BCUT2D eigenvalue weighted by molar-refractivity contribution is 5.52. The number of nitrogens with zero attached hydrogens (tertiary/aromatic N) is 3. The predicted octanol–water partition coefficient (Wildman–Crippen LogP) is 3.12. The van der Waals surface area contributed by atoms with E-state index >= 15 is 0 Å². The van der Waals surface area contributed by atoms with Crippen LogP contribution in [0.5, 0.6) is 11.5 Å². The molecule has 2 aromatic heterocycles. The highest BCUT2D eigenvalue weighted by Crippen LogP contribution is 2.36. The molecule has 2 aliphatic rings. The van der Waals surface area contributed by atoms with E-state index in [0.29, 0.717) is 29.8 Å². The van der Waals surface area contributed by atoms with Crippen LogP contribution in [0.3, 0.4) is 0 Å². The summed E-state index contributed by atoms with van der Waals surface area (Å²) in [7, 11) is 0. The fourth-order valence-electron chi connectivity index (χ4n) is 3.16.